The minimum atomic E-state index is -1.90. The van der Waals surface area contributed by atoms with Crippen molar-refractivity contribution in [2.75, 3.05) is 0 Å². The van der Waals surface area contributed by atoms with E-state index in [9.17, 15) is 0 Å². The third-order valence-electron chi connectivity index (χ3n) is 8.36. The van der Waals surface area contributed by atoms with E-state index in [0.29, 0.717) is 6.61 Å². The summed E-state index contributed by atoms with van der Waals surface area (Å²) in [6, 6.07) is 12.0. The van der Waals surface area contributed by atoms with Gasteiger partial charge in [-0.1, -0.05) is 26.8 Å². The van der Waals surface area contributed by atoms with E-state index >= 15 is 0 Å². The van der Waals surface area contributed by atoms with Crippen LogP contribution in [0.5, 0.6) is 0 Å². The molecule has 0 saturated carbocycles. The molecule has 1 saturated heterocycles. The van der Waals surface area contributed by atoms with Gasteiger partial charge in [-0.15, -0.1) is 0 Å². The van der Waals surface area contributed by atoms with Crippen LogP contribution in [0.3, 0.4) is 0 Å². The van der Waals surface area contributed by atoms with E-state index in [2.05, 4.69) is 78.8 Å². The Morgan fingerprint density at radius 1 is 1.00 bits per heavy atom. The zero-order chi connectivity index (χ0) is 27.5. The molecule has 1 aromatic carbocycles. The highest BCUT2D eigenvalue weighted by molar-refractivity contribution is 6.74. The van der Waals surface area contributed by atoms with Gasteiger partial charge >= 0.3 is 7.12 Å². The van der Waals surface area contributed by atoms with Crippen LogP contribution in [0.25, 0.3) is 22.4 Å². The topological polar surface area (TPSA) is 76.2 Å². The van der Waals surface area contributed by atoms with Crippen molar-refractivity contribution in [2.24, 2.45) is 0 Å². The van der Waals surface area contributed by atoms with Gasteiger partial charge in [0.15, 0.2) is 14.1 Å². The van der Waals surface area contributed by atoms with Crippen LogP contribution in [0, 0.1) is 0 Å². The van der Waals surface area contributed by atoms with E-state index in [4.69, 9.17) is 23.8 Å². The molecule has 200 valence electrons. The van der Waals surface area contributed by atoms with E-state index in [1.54, 1.807) is 6.20 Å². The van der Waals surface area contributed by atoms with Crippen LogP contribution in [-0.2, 0) is 20.3 Å². The van der Waals surface area contributed by atoms with Gasteiger partial charge in [0.2, 0.25) is 0 Å². The lowest BCUT2D eigenvalue weighted by Gasteiger charge is -2.36. The number of fused-ring (bicyclic) bond motifs is 1. The van der Waals surface area contributed by atoms with E-state index < -0.39 is 26.6 Å². The smallest absolute Gasteiger partial charge is 0.411 e. The largest absolute Gasteiger partial charge is 0.494 e. The van der Waals surface area contributed by atoms with Gasteiger partial charge in [-0.05, 0) is 81.6 Å². The van der Waals surface area contributed by atoms with Crippen molar-refractivity contribution in [1.29, 1.82) is 0 Å². The van der Waals surface area contributed by atoms with Crippen LogP contribution in [0.15, 0.2) is 55.0 Å². The fourth-order valence-electron chi connectivity index (χ4n) is 4.16. The summed E-state index contributed by atoms with van der Waals surface area (Å²) < 4.78 is 22.9. The van der Waals surface area contributed by atoms with Gasteiger partial charge in [0, 0.05) is 17.8 Å². The van der Waals surface area contributed by atoms with E-state index in [1.165, 1.54) is 0 Å². The van der Waals surface area contributed by atoms with Crippen LogP contribution in [0.1, 0.15) is 54.2 Å². The number of pyridine rings is 1. The second-order valence-electron chi connectivity index (χ2n) is 12.6. The number of hydrogen-bond donors (Lipinski definition) is 0. The Bertz CT molecular complexity index is 1440. The molecule has 0 spiro atoms. The van der Waals surface area contributed by atoms with Crippen LogP contribution < -0.4 is 5.46 Å². The van der Waals surface area contributed by atoms with Crippen molar-refractivity contribution < 1.29 is 13.7 Å². The predicted molar refractivity (Wildman–Crippen MR) is 154 cm³/mol. The molecule has 0 amide bonds. The van der Waals surface area contributed by atoms with Crippen LogP contribution in [-0.4, -0.2) is 51.2 Å². The van der Waals surface area contributed by atoms with Crippen molar-refractivity contribution in [2.45, 2.75) is 84.4 Å². The van der Waals surface area contributed by atoms with E-state index in [1.807, 2.05) is 46.0 Å². The average Bonchev–Trinajstić information content (AvgIpc) is 3.55. The van der Waals surface area contributed by atoms with Crippen molar-refractivity contribution >= 4 is 31.8 Å². The Balaban J connectivity index is 1.56. The molecule has 10 heteroatoms. The Labute approximate surface area is 226 Å². The molecule has 0 atom stereocenters. The molecule has 4 aromatic rings. The minimum absolute atomic E-state index is 0.135. The van der Waals surface area contributed by atoms with E-state index in [-0.39, 0.29) is 5.04 Å². The summed E-state index contributed by atoms with van der Waals surface area (Å²) in [4.78, 5) is 4.93. The number of hydrogen-bond acceptors (Lipinski definition) is 6. The molecule has 0 unspecified atom stereocenters. The molecule has 1 aliphatic rings. The van der Waals surface area contributed by atoms with Crippen molar-refractivity contribution in [3.05, 3.63) is 60.7 Å². The van der Waals surface area contributed by atoms with E-state index in [0.717, 1.165) is 33.6 Å². The Hall–Kier alpha value is -2.79. The highest BCUT2D eigenvalue weighted by atomic mass is 28.4. The molecule has 1 fully saturated rings. The Morgan fingerprint density at radius 3 is 2.34 bits per heavy atom. The summed E-state index contributed by atoms with van der Waals surface area (Å²) in [5.41, 5.74) is 2.70. The molecule has 0 radical (unpaired) electrons. The average molecular weight is 532 g/mol. The number of aromatic nitrogens is 5. The summed E-state index contributed by atoms with van der Waals surface area (Å²) in [7, 11) is -2.41. The molecule has 0 bridgehead atoms. The maximum atomic E-state index is 6.44. The molecule has 38 heavy (non-hydrogen) atoms. The van der Waals surface area contributed by atoms with Gasteiger partial charge in [0.25, 0.3) is 0 Å². The normalized spacial score (nSPS) is 17.4. The molecule has 4 heterocycles. The lowest BCUT2D eigenvalue weighted by Crippen LogP contribution is -2.41. The quantitative estimate of drug-likeness (QED) is 0.309. The summed E-state index contributed by atoms with van der Waals surface area (Å²) in [6.45, 7) is 20.0. The predicted octanol–water partition coefficient (Wildman–Crippen LogP) is 5.43. The molecule has 3 aromatic heterocycles. The number of benzene rings is 1. The standard InChI is InChI=1S/C28H38BN5O3Si/c1-26(2,3)38(8,9)35-19-21-12-10-13-25(32-21)34-24-17-20(29-36-27(4,5)28(6,7)37-29)16-23(22(24)18-31-34)33-15-11-14-30-33/h10-18H,19H2,1-9H3. The fourth-order valence-corrected chi connectivity index (χ4v) is 5.11. The monoisotopic (exact) mass is 531 g/mol. The third kappa shape index (κ3) is 4.75. The number of nitrogens with zero attached hydrogens (tertiary/aromatic N) is 5. The van der Waals surface area contributed by atoms with Crippen LogP contribution >= 0.6 is 0 Å². The molecule has 5 rings (SSSR count). The molecular formula is C28H38BN5O3Si. The van der Waals surface area contributed by atoms with Crippen LogP contribution in [0.2, 0.25) is 18.1 Å². The van der Waals surface area contributed by atoms with Crippen LogP contribution in [0.4, 0.5) is 0 Å². The number of rotatable bonds is 6. The Morgan fingerprint density at radius 2 is 1.71 bits per heavy atom. The molecule has 0 aliphatic carbocycles. The molecule has 0 N–H and O–H groups in total. The van der Waals surface area contributed by atoms with Gasteiger partial charge in [-0.3, -0.25) is 0 Å². The summed E-state index contributed by atoms with van der Waals surface area (Å²) in [5.74, 6) is 0.730. The molecule has 1 aliphatic heterocycles. The fraction of sp³-hybridized carbons (Fsp3) is 0.464. The van der Waals surface area contributed by atoms with Gasteiger partial charge < -0.3 is 13.7 Å². The highest BCUT2D eigenvalue weighted by Crippen LogP contribution is 2.38. The first kappa shape index (κ1) is 26.8. The SMILES string of the molecule is CC1(C)OB(c2cc(-n3cccn3)c3cnn(-c4cccc(CO[Si](C)(C)C(C)(C)C)n4)c3c2)OC1(C)C. The first-order chi connectivity index (χ1) is 17.7. The lowest BCUT2D eigenvalue weighted by molar-refractivity contribution is 0.00578. The van der Waals surface area contributed by atoms with Crippen molar-refractivity contribution in [3.8, 4) is 11.5 Å². The summed E-state index contributed by atoms with van der Waals surface area (Å²) in [5, 5.41) is 10.3. The summed E-state index contributed by atoms with van der Waals surface area (Å²) >= 11 is 0. The van der Waals surface area contributed by atoms with Gasteiger partial charge in [0.1, 0.15) is 0 Å². The zero-order valence-electron chi connectivity index (χ0n) is 23.9. The third-order valence-corrected chi connectivity index (χ3v) is 12.8. The molecule has 8 nitrogen and oxygen atoms in total. The lowest BCUT2D eigenvalue weighted by atomic mass is 9.78. The summed E-state index contributed by atoms with van der Waals surface area (Å²) in [6.07, 6.45) is 5.56. The maximum Gasteiger partial charge on any atom is 0.494 e. The minimum Gasteiger partial charge on any atom is -0.411 e. The maximum absolute atomic E-state index is 6.44. The zero-order valence-corrected chi connectivity index (χ0v) is 24.9. The van der Waals surface area contributed by atoms with Gasteiger partial charge in [0.05, 0.1) is 40.9 Å². The first-order valence-corrected chi connectivity index (χ1v) is 16.1. The van der Waals surface area contributed by atoms with Gasteiger partial charge in [-0.25, -0.2) is 14.3 Å². The second-order valence-corrected chi connectivity index (χ2v) is 17.4. The van der Waals surface area contributed by atoms with Crippen molar-refractivity contribution in [3.63, 3.8) is 0 Å². The Kier molecular flexibility index (Phi) is 6.46. The second kappa shape index (κ2) is 9.15. The van der Waals surface area contributed by atoms with Gasteiger partial charge in [-0.2, -0.15) is 10.2 Å². The highest BCUT2D eigenvalue weighted by Gasteiger charge is 2.52. The molecular weight excluding hydrogens is 493 g/mol. The first-order valence-electron chi connectivity index (χ1n) is 13.2. The van der Waals surface area contributed by atoms with Crippen molar-refractivity contribution in [1.82, 2.24) is 24.5 Å².